The SMILES string of the molecule is CCNC1CC(OC2CCC(C)CC2)C12CCCCC2. The van der Waals surface area contributed by atoms with Gasteiger partial charge in [0.1, 0.15) is 0 Å². The summed E-state index contributed by atoms with van der Waals surface area (Å²) in [6.07, 6.45) is 14.8. The minimum absolute atomic E-state index is 0.497. The van der Waals surface area contributed by atoms with Crippen molar-refractivity contribution in [2.75, 3.05) is 6.54 Å². The van der Waals surface area contributed by atoms with Crippen LogP contribution in [0.2, 0.25) is 0 Å². The van der Waals surface area contributed by atoms with Gasteiger partial charge in [-0.05, 0) is 57.4 Å². The van der Waals surface area contributed by atoms with E-state index in [0.29, 0.717) is 17.6 Å². The van der Waals surface area contributed by atoms with Crippen molar-refractivity contribution in [1.82, 2.24) is 5.32 Å². The molecule has 0 saturated heterocycles. The predicted molar refractivity (Wildman–Crippen MR) is 83.9 cm³/mol. The molecular weight excluding hydrogens is 246 g/mol. The van der Waals surface area contributed by atoms with Crippen LogP contribution < -0.4 is 5.32 Å². The highest BCUT2D eigenvalue weighted by molar-refractivity contribution is 5.09. The Bertz CT molecular complexity index is 303. The van der Waals surface area contributed by atoms with E-state index >= 15 is 0 Å². The van der Waals surface area contributed by atoms with Gasteiger partial charge < -0.3 is 10.1 Å². The lowest BCUT2D eigenvalue weighted by Crippen LogP contribution is -2.65. The van der Waals surface area contributed by atoms with Crippen molar-refractivity contribution >= 4 is 0 Å². The fraction of sp³-hybridized carbons (Fsp3) is 1.00. The van der Waals surface area contributed by atoms with E-state index in [9.17, 15) is 0 Å². The Morgan fingerprint density at radius 3 is 2.40 bits per heavy atom. The summed E-state index contributed by atoms with van der Waals surface area (Å²) in [4.78, 5) is 0. The molecule has 2 heteroatoms. The molecule has 3 fully saturated rings. The van der Waals surface area contributed by atoms with E-state index < -0.39 is 0 Å². The van der Waals surface area contributed by atoms with Crippen molar-refractivity contribution in [3.05, 3.63) is 0 Å². The molecule has 0 aromatic heterocycles. The van der Waals surface area contributed by atoms with Gasteiger partial charge in [0.15, 0.2) is 0 Å². The van der Waals surface area contributed by atoms with Crippen molar-refractivity contribution in [3.63, 3.8) is 0 Å². The Morgan fingerprint density at radius 1 is 1.05 bits per heavy atom. The molecule has 20 heavy (non-hydrogen) atoms. The topological polar surface area (TPSA) is 21.3 Å². The van der Waals surface area contributed by atoms with Gasteiger partial charge in [0.05, 0.1) is 12.2 Å². The summed E-state index contributed by atoms with van der Waals surface area (Å²) in [7, 11) is 0. The predicted octanol–water partition coefficient (Wildman–Crippen LogP) is 4.28. The summed E-state index contributed by atoms with van der Waals surface area (Å²) in [5.74, 6) is 0.925. The maximum Gasteiger partial charge on any atom is 0.0665 e. The van der Waals surface area contributed by atoms with Crippen molar-refractivity contribution in [2.45, 2.75) is 96.3 Å². The number of rotatable bonds is 4. The summed E-state index contributed by atoms with van der Waals surface area (Å²) in [6.45, 7) is 5.75. The zero-order chi connectivity index (χ0) is 14.0. The van der Waals surface area contributed by atoms with Crippen LogP contribution in [0.3, 0.4) is 0 Å². The molecule has 1 spiro atoms. The summed E-state index contributed by atoms with van der Waals surface area (Å²) in [5, 5.41) is 3.74. The molecule has 2 nitrogen and oxygen atoms in total. The monoisotopic (exact) mass is 279 g/mol. The number of ether oxygens (including phenoxy) is 1. The van der Waals surface area contributed by atoms with Gasteiger partial charge in [-0.2, -0.15) is 0 Å². The van der Waals surface area contributed by atoms with Gasteiger partial charge in [-0.25, -0.2) is 0 Å². The molecule has 0 radical (unpaired) electrons. The standard InChI is InChI=1S/C18H33NO/c1-3-19-16-13-17(18(16)11-5-4-6-12-18)20-15-9-7-14(2)8-10-15/h14-17,19H,3-13H2,1-2H3. The summed E-state index contributed by atoms with van der Waals surface area (Å²) >= 11 is 0. The molecule has 2 unspecified atom stereocenters. The van der Waals surface area contributed by atoms with E-state index in [1.807, 2.05) is 0 Å². The van der Waals surface area contributed by atoms with Crippen molar-refractivity contribution < 1.29 is 4.74 Å². The van der Waals surface area contributed by atoms with Crippen LogP contribution in [-0.2, 0) is 4.74 Å². The van der Waals surface area contributed by atoms with Crippen LogP contribution in [0.1, 0.15) is 78.1 Å². The first kappa shape index (κ1) is 14.8. The molecule has 3 aliphatic carbocycles. The van der Waals surface area contributed by atoms with E-state index in [1.54, 1.807) is 0 Å². The van der Waals surface area contributed by atoms with E-state index in [-0.39, 0.29) is 0 Å². The highest BCUT2D eigenvalue weighted by atomic mass is 16.5. The smallest absolute Gasteiger partial charge is 0.0665 e. The van der Waals surface area contributed by atoms with E-state index in [2.05, 4.69) is 19.2 Å². The van der Waals surface area contributed by atoms with Crippen LogP contribution >= 0.6 is 0 Å². The molecule has 0 bridgehead atoms. The highest BCUT2D eigenvalue weighted by Gasteiger charge is 2.55. The Hall–Kier alpha value is -0.0800. The molecule has 116 valence electrons. The Morgan fingerprint density at radius 2 is 1.75 bits per heavy atom. The first-order valence-corrected chi connectivity index (χ1v) is 9.13. The molecule has 0 aliphatic heterocycles. The molecule has 3 rings (SSSR count). The van der Waals surface area contributed by atoms with Gasteiger partial charge in [-0.1, -0.05) is 33.1 Å². The zero-order valence-electron chi connectivity index (χ0n) is 13.5. The fourth-order valence-electron chi connectivity index (χ4n) is 4.95. The number of hydrogen-bond acceptors (Lipinski definition) is 2. The van der Waals surface area contributed by atoms with Crippen LogP contribution in [0.25, 0.3) is 0 Å². The average molecular weight is 279 g/mol. The van der Waals surface area contributed by atoms with Crippen molar-refractivity contribution in [1.29, 1.82) is 0 Å². The normalized spacial score (nSPS) is 40.5. The van der Waals surface area contributed by atoms with Crippen LogP contribution in [0.5, 0.6) is 0 Å². The molecule has 0 amide bonds. The maximum absolute atomic E-state index is 6.61. The lowest BCUT2D eigenvalue weighted by Gasteiger charge is -2.59. The summed E-state index contributed by atoms with van der Waals surface area (Å²) in [6, 6.07) is 0.736. The van der Waals surface area contributed by atoms with Gasteiger partial charge in [0.25, 0.3) is 0 Å². The Balaban J connectivity index is 1.58. The lowest BCUT2D eigenvalue weighted by atomic mass is 9.55. The van der Waals surface area contributed by atoms with Crippen LogP contribution in [0, 0.1) is 11.3 Å². The summed E-state index contributed by atoms with van der Waals surface area (Å²) in [5.41, 5.74) is 0.497. The first-order valence-electron chi connectivity index (χ1n) is 9.13. The average Bonchev–Trinajstić information content (AvgIpc) is 2.49. The lowest BCUT2D eigenvalue weighted by molar-refractivity contribution is -0.182. The summed E-state index contributed by atoms with van der Waals surface area (Å²) < 4.78 is 6.61. The fourth-order valence-corrected chi connectivity index (χ4v) is 4.95. The van der Waals surface area contributed by atoms with Crippen LogP contribution in [0.15, 0.2) is 0 Å². The second-order valence-corrected chi connectivity index (χ2v) is 7.65. The van der Waals surface area contributed by atoms with Crippen molar-refractivity contribution in [3.8, 4) is 0 Å². The van der Waals surface area contributed by atoms with Gasteiger partial charge >= 0.3 is 0 Å². The molecule has 3 saturated carbocycles. The van der Waals surface area contributed by atoms with Gasteiger partial charge in [-0.3, -0.25) is 0 Å². The van der Waals surface area contributed by atoms with Gasteiger partial charge in [-0.15, -0.1) is 0 Å². The van der Waals surface area contributed by atoms with E-state index in [1.165, 1.54) is 64.2 Å². The minimum Gasteiger partial charge on any atom is -0.374 e. The maximum atomic E-state index is 6.61. The molecule has 0 aromatic carbocycles. The minimum atomic E-state index is 0.497. The Kier molecular flexibility index (Phi) is 4.72. The third-order valence-corrected chi connectivity index (χ3v) is 6.34. The second kappa shape index (κ2) is 6.36. The van der Waals surface area contributed by atoms with Gasteiger partial charge in [0.2, 0.25) is 0 Å². The van der Waals surface area contributed by atoms with E-state index in [4.69, 9.17) is 4.74 Å². The molecular formula is C18H33NO. The first-order chi connectivity index (χ1) is 9.74. The third-order valence-electron chi connectivity index (χ3n) is 6.34. The highest BCUT2D eigenvalue weighted by Crippen LogP contribution is 2.54. The quantitative estimate of drug-likeness (QED) is 0.829. The largest absolute Gasteiger partial charge is 0.374 e. The van der Waals surface area contributed by atoms with Gasteiger partial charge in [0, 0.05) is 11.5 Å². The molecule has 3 aliphatic rings. The molecule has 1 N–H and O–H groups in total. The second-order valence-electron chi connectivity index (χ2n) is 7.65. The number of hydrogen-bond donors (Lipinski definition) is 1. The molecule has 2 atom stereocenters. The Labute approximate surface area is 125 Å². The van der Waals surface area contributed by atoms with Crippen molar-refractivity contribution in [2.24, 2.45) is 11.3 Å². The van der Waals surface area contributed by atoms with Crippen LogP contribution in [0.4, 0.5) is 0 Å². The van der Waals surface area contributed by atoms with Crippen LogP contribution in [-0.4, -0.2) is 24.8 Å². The van der Waals surface area contributed by atoms with E-state index in [0.717, 1.165) is 18.5 Å². The molecule has 0 aromatic rings. The number of nitrogens with one attached hydrogen (secondary N) is 1. The zero-order valence-corrected chi connectivity index (χ0v) is 13.5. The third kappa shape index (κ3) is 2.78. The molecule has 0 heterocycles.